The number of likely N-dealkylation sites (N-methyl/N-ethyl adjacent to an activating group) is 1. The summed E-state index contributed by atoms with van der Waals surface area (Å²) in [6.45, 7) is 3.18. The molecular formula is C11H20N4S2. The molecule has 4 nitrogen and oxygen atoms in total. The minimum absolute atomic E-state index is 0.290. The lowest BCUT2D eigenvalue weighted by molar-refractivity contribution is 0.214. The Kier molecular flexibility index (Phi) is 4.81. The molecule has 0 bridgehead atoms. The van der Waals surface area contributed by atoms with Gasteiger partial charge in [-0.2, -0.15) is 11.8 Å². The first-order valence-electron chi connectivity index (χ1n) is 5.86. The van der Waals surface area contributed by atoms with Crippen molar-refractivity contribution in [2.75, 3.05) is 25.1 Å². The summed E-state index contributed by atoms with van der Waals surface area (Å²) in [6.07, 6.45) is 0.921. The van der Waals surface area contributed by atoms with E-state index in [4.69, 9.17) is 5.84 Å². The third-order valence-electron chi connectivity index (χ3n) is 3.18. The van der Waals surface area contributed by atoms with Gasteiger partial charge in [0.05, 0.1) is 5.01 Å². The molecule has 0 aliphatic carbocycles. The van der Waals surface area contributed by atoms with Crippen LogP contribution >= 0.6 is 23.1 Å². The number of nitrogens with two attached hydrogens (primary N) is 1. The quantitative estimate of drug-likeness (QED) is 0.629. The summed E-state index contributed by atoms with van der Waals surface area (Å²) in [7, 11) is 2.18. The van der Waals surface area contributed by atoms with E-state index in [-0.39, 0.29) is 0 Å². The molecule has 1 aromatic rings. The molecule has 1 aliphatic rings. The summed E-state index contributed by atoms with van der Waals surface area (Å²) in [5, 5.41) is 3.27. The molecule has 2 unspecified atom stereocenters. The Hall–Kier alpha value is -0.140. The van der Waals surface area contributed by atoms with Crippen molar-refractivity contribution in [2.24, 2.45) is 5.84 Å². The number of aromatic nitrogens is 1. The van der Waals surface area contributed by atoms with Crippen LogP contribution in [0.5, 0.6) is 0 Å². The van der Waals surface area contributed by atoms with Crippen molar-refractivity contribution in [1.29, 1.82) is 0 Å². The Morgan fingerprint density at radius 3 is 3.12 bits per heavy atom. The Bertz CT molecular complexity index is 355. The van der Waals surface area contributed by atoms with Crippen LogP contribution in [0.25, 0.3) is 0 Å². The van der Waals surface area contributed by atoms with Crippen LogP contribution in [-0.2, 0) is 6.42 Å². The van der Waals surface area contributed by atoms with Crippen LogP contribution in [0.4, 0.5) is 0 Å². The first-order valence-corrected chi connectivity index (χ1v) is 7.89. The molecule has 1 aliphatic heterocycles. The minimum atomic E-state index is 0.290. The van der Waals surface area contributed by atoms with Gasteiger partial charge in [0, 0.05) is 47.6 Å². The number of thiazole rings is 1. The van der Waals surface area contributed by atoms with E-state index in [1.54, 1.807) is 11.3 Å². The lowest BCUT2D eigenvalue weighted by Gasteiger charge is -2.37. The summed E-state index contributed by atoms with van der Waals surface area (Å²) in [5.41, 5.74) is 4.08. The molecule has 2 atom stereocenters. The van der Waals surface area contributed by atoms with Gasteiger partial charge in [-0.05, 0) is 14.0 Å². The third-order valence-corrected chi connectivity index (χ3v) is 5.22. The first-order chi connectivity index (χ1) is 8.20. The van der Waals surface area contributed by atoms with Gasteiger partial charge in [-0.3, -0.25) is 11.3 Å². The minimum Gasteiger partial charge on any atom is -0.300 e. The van der Waals surface area contributed by atoms with Gasteiger partial charge in [0.25, 0.3) is 0 Å². The number of nitrogens with zero attached hydrogens (tertiary/aromatic N) is 2. The van der Waals surface area contributed by atoms with Gasteiger partial charge in [0.1, 0.15) is 0 Å². The van der Waals surface area contributed by atoms with Gasteiger partial charge in [0.2, 0.25) is 0 Å². The number of hydrogen-bond acceptors (Lipinski definition) is 6. The second-order valence-corrected chi connectivity index (χ2v) is 6.58. The van der Waals surface area contributed by atoms with Crippen LogP contribution < -0.4 is 11.3 Å². The molecule has 0 aromatic carbocycles. The largest absolute Gasteiger partial charge is 0.300 e. The van der Waals surface area contributed by atoms with E-state index in [0.29, 0.717) is 12.1 Å². The fraction of sp³-hybridized carbons (Fsp3) is 0.727. The number of rotatable bonds is 4. The average Bonchev–Trinajstić information content (AvgIpc) is 2.73. The van der Waals surface area contributed by atoms with E-state index in [1.807, 2.05) is 18.7 Å². The molecule has 1 aromatic heterocycles. The van der Waals surface area contributed by atoms with Crippen LogP contribution in [0.15, 0.2) is 5.38 Å². The van der Waals surface area contributed by atoms with Crippen molar-refractivity contribution >= 4 is 23.1 Å². The number of hydrazine groups is 1. The average molecular weight is 272 g/mol. The van der Waals surface area contributed by atoms with Crippen LogP contribution in [0, 0.1) is 6.92 Å². The smallest absolute Gasteiger partial charge is 0.0944 e. The fourth-order valence-electron chi connectivity index (χ4n) is 2.12. The van der Waals surface area contributed by atoms with Crippen molar-refractivity contribution in [2.45, 2.75) is 25.4 Å². The monoisotopic (exact) mass is 272 g/mol. The van der Waals surface area contributed by atoms with Crippen LogP contribution in [-0.4, -0.2) is 47.1 Å². The zero-order chi connectivity index (χ0) is 12.3. The second kappa shape index (κ2) is 6.15. The molecule has 6 heteroatoms. The van der Waals surface area contributed by atoms with E-state index in [0.717, 1.165) is 24.4 Å². The van der Waals surface area contributed by atoms with E-state index < -0.39 is 0 Å². The zero-order valence-electron chi connectivity index (χ0n) is 10.3. The van der Waals surface area contributed by atoms with Crippen molar-refractivity contribution in [3.8, 4) is 0 Å². The molecule has 0 spiro atoms. The van der Waals surface area contributed by atoms with E-state index in [9.17, 15) is 0 Å². The van der Waals surface area contributed by atoms with E-state index >= 15 is 0 Å². The predicted octanol–water partition coefficient (Wildman–Crippen LogP) is 0.873. The van der Waals surface area contributed by atoms with Crippen LogP contribution in [0.2, 0.25) is 0 Å². The Morgan fingerprint density at radius 2 is 2.53 bits per heavy atom. The lowest BCUT2D eigenvalue weighted by atomic mass is 10.1. The summed E-state index contributed by atoms with van der Waals surface area (Å²) in [5.74, 6) is 8.08. The van der Waals surface area contributed by atoms with Gasteiger partial charge in [-0.15, -0.1) is 11.3 Å². The number of hydrogen-bond donors (Lipinski definition) is 2. The molecule has 2 heterocycles. The highest BCUT2D eigenvalue weighted by Gasteiger charge is 2.28. The van der Waals surface area contributed by atoms with Gasteiger partial charge in [0.15, 0.2) is 0 Å². The molecule has 17 heavy (non-hydrogen) atoms. The predicted molar refractivity (Wildman–Crippen MR) is 75.4 cm³/mol. The highest BCUT2D eigenvalue weighted by molar-refractivity contribution is 7.99. The Balaban J connectivity index is 2.00. The highest BCUT2D eigenvalue weighted by atomic mass is 32.2. The topological polar surface area (TPSA) is 54.2 Å². The summed E-state index contributed by atoms with van der Waals surface area (Å²) >= 11 is 3.74. The molecule has 1 fully saturated rings. The number of nitrogens with one attached hydrogen (secondary N) is 1. The Morgan fingerprint density at radius 1 is 1.71 bits per heavy atom. The zero-order valence-corrected chi connectivity index (χ0v) is 12.0. The molecule has 0 saturated carbocycles. The van der Waals surface area contributed by atoms with Gasteiger partial charge in [-0.25, -0.2) is 4.98 Å². The summed E-state index contributed by atoms with van der Waals surface area (Å²) < 4.78 is 0. The summed E-state index contributed by atoms with van der Waals surface area (Å²) in [4.78, 5) is 6.92. The third kappa shape index (κ3) is 3.42. The molecule has 2 rings (SSSR count). The van der Waals surface area contributed by atoms with E-state index in [2.05, 4.69) is 27.7 Å². The van der Waals surface area contributed by atoms with Gasteiger partial charge >= 0.3 is 0 Å². The summed E-state index contributed by atoms with van der Waals surface area (Å²) in [6, 6.07) is 0.793. The van der Waals surface area contributed by atoms with E-state index in [1.165, 1.54) is 10.8 Å². The molecule has 96 valence electrons. The highest BCUT2D eigenvalue weighted by Crippen LogP contribution is 2.20. The van der Waals surface area contributed by atoms with Gasteiger partial charge < -0.3 is 4.90 Å². The molecular weight excluding hydrogens is 252 g/mol. The van der Waals surface area contributed by atoms with Crippen LogP contribution in [0.3, 0.4) is 0 Å². The number of thioether (sulfide) groups is 1. The first kappa shape index (κ1) is 13.3. The molecule has 0 amide bonds. The van der Waals surface area contributed by atoms with Crippen molar-refractivity contribution < 1.29 is 0 Å². The maximum Gasteiger partial charge on any atom is 0.0944 e. The van der Waals surface area contributed by atoms with Crippen LogP contribution in [0.1, 0.15) is 10.7 Å². The van der Waals surface area contributed by atoms with Gasteiger partial charge in [-0.1, -0.05) is 0 Å². The molecule has 1 saturated heterocycles. The maximum absolute atomic E-state index is 5.71. The van der Waals surface area contributed by atoms with Crippen molar-refractivity contribution in [3.63, 3.8) is 0 Å². The van der Waals surface area contributed by atoms with Crippen molar-refractivity contribution in [1.82, 2.24) is 15.3 Å². The maximum atomic E-state index is 5.71. The lowest BCUT2D eigenvalue weighted by Crippen LogP contribution is -2.55. The molecule has 0 radical (unpaired) electrons. The normalized spacial score (nSPS) is 23.8. The SMILES string of the molecule is Cc1csc(CC(NN)C2CSCCN2C)n1. The standard InChI is InChI=1S/C11H20N4S2/c1-8-6-17-11(13-8)5-9(14-12)10-7-16-4-3-15(10)2/h6,9-10,14H,3-5,7,12H2,1-2H3. The molecule has 3 N–H and O–H groups in total. The number of aryl methyl sites for hydroxylation is 1. The Labute approximate surface area is 111 Å². The fourth-order valence-corrected chi connectivity index (χ4v) is 4.26. The van der Waals surface area contributed by atoms with Crippen molar-refractivity contribution in [3.05, 3.63) is 16.1 Å². The second-order valence-electron chi connectivity index (χ2n) is 4.48.